The molecule has 2 rings (SSSR count). The third-order valence-electron chi connectivity index (χ3n) is 3.55. The van der Waals surface area contributed by atoms with E-state index < -0.39 is 0 Å². The predicted octanol–water partition coefficient (Wildman–Crippen LogP) is 1.05. The van der Waals surface area contributed by atoms with Crippen molar-refractivity contribution in [1.29, 1.82) is 0 Å². The van der Waals surface area contributed by atoms with Gasteiger partial charge in [0.05, 0.1) is 25.3 Å². The van der Waals surface area contributed by atoms with Gasteiger partial charge in [0.15, 0.2) is 0 Å². The van der Waals surface area contributed by atoms with Gasteiger partial charge in [0.25, 0.3) is 0 Å². The number of carbonyl (C=O) groups is 1. The normalized spacial score (nSPS) is 21.0. The Morgan fingerprint density at radius 2 is 2.19 bits per heavy atom. The number of rotatable bonds is 5. The fourth-order valence-corrected chi connectivity index (χ4v) is 2.58. The summed E-state index contributed by atoms with van der Waals surface area (Å²) < 4.78 is 5.86. The summed E-state index contributed by atoms with van der Waals surface area (Å²) in [5.41, 5.74) is 1.00. The number of ether oxygens (including phenoxy) is 1. The SMILES string of the molecule is CNCC(=O)NC(c1ccc(Cl)cc1)C1CN(C)CCO1. The summed E-state index contributed by atoms with van der Waals surface area (Å²) in [6, 6.07) is 7.36. The molecular weight excluding hydrogens is 290 g/mol. The van der Waals surface area contributed by atoms with Gasteiger partial charge in [-0.25, -0.2) is 0 Å². The van der Waals surface area contributed by atoms with Gasteiger partial charge in [-0.15, -0.1) is 0 Å². The first kappa shape index (κ1) is 16.2. The number of likely N-dealkylation sites (N-methyl/N-ethyl adjacent to an activating group) is 2. The quantitative estimate of drug-likeness (QED) is 0.853. The number of hydrogen-bond acceptors (Lipinski definition) is 4. The molecule has 0 aromatic heterocycles. The number of carbonyl (C=O) groups excluding carboxylic acids is 1. The van der Waals surface area contributed by atoms with E-state index in [-0.39, 0.29) is 24.6 Å². The first-order valence-electron chi connectivity index (χ1n) is 7.09. The smallest absolute Gasteiger partial charge is 0.234 e. The maximum absolute atomic E-state index is 11.9. The van der Waals surface area contributed by atoms with Crippen molar-refractivity contribution in [2.24, 2.45) is 0 Å². The number of halogens is 1. The van der Waals surface area contributed by atoms with Crippen molar-refractivity contribution in [3.8, 4) is 0 Å². The number of morpholine rings is 1. The van der Waals surface area contributed by atoms with Crippen LogP contribution >= 0.6 is 11.6 Å². The number of nitrogens with zero attached hydrogens (tertiary/aromatic N) is 1. The molecule has 1 aromatic rings. The first-order valence-corrected chi connectivity index (χ1v) is 7.47. The zero-order chi connectivity index (χ0) is 15.2. The Bertz CT molecular complexity index is 466. The van der Waals surface area contributed by atoms with E-state index in [2.05, 4.69) is 22.6 Å². The molecule has 1 fully saturated rings. The van der Waals surface area contributed by atoms with Crippen LogP contribution in [-0.4, -0.2) is 57.2 Å². The Morgan fingerprint density at radius 1 is 1.48 bits per heavy atom. The summed E-state index contributed by atoms with van der Waals surface area (Å²) in [7, 11) is 3.81. The van der Waals surface area contributed by atoms with Crippen molar-refractivity contribution < 1.29 is 9.53 Å². The third-order valence-corrected chi connectivity index (χ3v) is 3.80. The van der Waals surface area contributed by atoms with Crippen molar-refractivity contribution >= 4 is 17.5 Å². The van der Waals surface area contributed by atoms with Gasteiger partial charge >= 0.3 is 0 Å². The highest BCUT2D eigenvalue weighted by molar-refractivity contribution is 6.30. The molecule has 0 radical (unpaired) electrons. The third kappa shape index (κ3) is 4.68. The second-order valence-electron chi connectivity index (χ2n) is 5.30. The number of amides is 1. The Kier molecular flexibility index (Phi) is 5.99. The van der Waals surface area contributed by atoms with E-state index in [0.29, 0.717) is 11.6 Å². The Hall–Kier alpha value is -1.14. The minimum absolute atomic E-state index is 0.0470. The van der Waals surface area contributed by atoms with Gasteiger partial charge in [-0.2, -0.15) is 0 Å². The Morgan fingerprint density at radius 3 is 2.81 bits per heavy atom. The standard InChI is InChI=1S/C15H22ClN3O2/c1-17-9-14(20)18-15(11-3-5-12(16)6-4-11)13-10-19(2)7-8-21-13/h3-6,13,15,17H,7-10H2,1-2H3,(H,18,20). The van der Waals surface area contributed by atoms with Crippen LogP contribution in [0.25, 0.3) is 0 Å². The van der Waals surface area contributed by atoms with Crippen molar-refractivity contribution in [3.63, 3.8) is 0 Å². The molecule has 0 aliphatic carbocycles. The molecule has 116 valence electrons. The lowest BCUT2D eigenvalue weighted by Gasteiger charge is -2.35. The van der Waals surface area contributed by atoms with Crippen LogP contribution in [-0.2, 0) is 9.53 Å². The second kappa shape index (κ2) is 7.75. The minimum atomic E-state index is -0.175. The van der Waals surface area contributed by atoms with Gasteiger partial charge in [-0.3, -0.25) is 4.79 Å². The van der Waals surface area contributed by atoms with Crippen LogP contribution in [0.1, 0.15) is 11.6 Å². The van der Waals surface area contributed by atoms with Crippen LogP contribution in [0.5, 0.6) is 0 Å². The van der Waals surface area contributed by atoms with Crippen LogP contribution in [0.4, 0.5) is 0 Å². The molecule has 1 heterocycles. The molecule has 1 aliphatic rings. The van der Waals surface area contributed by atoms with E-state index in [1.54, 1.807) is 7.05 Å². The zero-order valence-corrected chi connectivity index (χ0v) is 13.2. The molecule has 0 bridgehead atoms. The summed E-state index contributed by atoms with van der Waals surface area (Å²) in [5, 5.41) is 6.59. The largest absolute Gasteiger partial charge is 0.373 e. The number of nitrogens with one attached hydrogen (secondary N) is 2. The monoisotopic (exact) mass is 311 g/mol. The maximum atomic E-state index is 11.9. The fraction of sp³-hybridized carbons (Fsp3) is 0.533. The molecule has 2 N–H and O–H groups in total. The summed E-state index contributed by atoms with van der Waals surface area (Å²) >= 11 is 5.94. The Labute approximate surface area is 130 Å². The molecular formula is C15H22ClN3O2. The molecule has 6 heteroatoms. The van der Waals surface area contributed by atoms with Gasteiger partial charge in [0, 0.05) is 18.1 Å². The van der Waals surface area contributed by atoms with Gasteiger partial charge in [-0.05, 0) is 31.8 Å². The van der Waals surface area contributed by atoms with Gasteiger partial charge in [0.1, 0.15) is 0 Å². The molecule has 1 aromatic carbocycles. The maximum Gasteiger partial charge on any atom is 0.234 e. The van der Waals surface area contributed by atoms with E-state index >= 15 is 0 Å². The molecule has 1 aliphatic heterocycles. The highest BCUT2D eigenvalue weighted by Crippen LogP contribution is 2.23. The molecule has 2 unspecified atom stereocenters. The summed E-state index contributed by atoms with van der Waals surface area (Å²) in [6.07, 6.45) is -0.0641. The van der Waals surface area contributed by atoms with E-state index in [9.17, 15) is 4.79 Å². The van der Waals surface area contributed by atoms with E-state index in [0.717, 1.165) is 18.7 Å². The topological polar surface area (TPSA) is 53.6 Å². The van der Waals surface area contributed by atoms with Gasteiger partial charge in [0.2, 0.25) is 5.91 Å². The lowest BCUT2D eigenvalue weighted by Crippen LogP contribution is -2.49. The van der Waals surface area contributed by atoms with Crippen molar-refractivity contribution in [2.45, 2.75) is 12.1 Å². The van der Waals surface area contributed by atoms with Gasteiger partial charge < -0.3 is 20.3 Å². The highest BCUT2D eigenvalue weighted by atomic mass is 35.5. The summed E-state index contributed by atoms with van der Waals surface area (Å²) in [5.74, 6) is -0.0470. The van der Waals surface area contributed by atoms with Crippen molar-refractivity contribution in [1.82, 2.24) is 15.5 Å². The highest BCUT2D eigenvalue weighted by Gasteiger charge is 2.29. The van der Waals surface area contributed by atoms with Crippen LogP contribution in [0.2, 0.25) is 5.02 Å². The molecule has 1 saturated heterocycles. The minimum Gasteiger partial charge on any atom is -0.373 e. The average Bonchev–Trinajstić information content (AvgIpc) is 2.46. The summed E-state index contributed by atoms with van der Waals surface area (Å²) in [6.45, 7) is 2.65. The zero-order valence-electron chi connectivity index (χ0n) is 12.4. The molecule has 21 heavy (non-hydrogen) atoms. The second-order valence-corrected chi connectivity index (χ2v) is 5.73. The van der Waals surface area contributed by atoms with Crippen LogP contribution in [0.3, 0.4) is 0 Å². The van der Waals surface area contributed by atoms with Crippen LogP contribution in [0.15, 0.2) is 24.3 Å². The number of benzene rings is 1. The predicted molar refractivity (Wildman–Crippen MR) is 83.5 cm³/mol. The molecule has 2 atom stereocenters. The molecule has 5 nitrogen and oxygen atoms in total. The lowest BCUT2D eigenvalue weighted by atomic mass is 10.00. The van der Waals surface area contributed by atoms with Gasteiger partial charge in [-0.1, -0.05) is 23.7 Å². The van der Waals surface area contributed by atoms with E-state index in [1.165, 1.54) is 0 Å². The molecule has 0 saturated carbocycles. The Balaban J connectivity index is 2.16. The fourth-order valence-electron chi connectivity index (χ4n) is 2.46. The van der Waals surface area contributed by atoms with E-state index in [1.807, 2.05) is 24.3 Å². The van der Waals surface area contributed by atoms with Crippen LogP contribution < -0.4 is 10.6 Å². The van der Waals surface area contributed by atoms with E-state index in [4.69, 9.17) is 16.3 Å². The van der Waals surface area contributed by atoms with Crippen LogP contribution in [0, 0.1) is 0 Å². The molecule has 0 spiro atoms. The van der Waals surface area contributed by atoms with Crippen molar-refractivity contribution in [3.05, 3.63) is 34.9 Å². The average molecular weight is 312 g/mol. The van der Waals surface area contributed by atoms with Crippen molar-refractivity contribution in [2.75, 3.05) is 40.3 Å². The number of hydrogen-bond donors (Lipinski definition) is 2. The lowest BCUT2D eigenvalue weighted by molar-refractivity contribution is -0.123. The first-order chi connectivity index (χ1) is 10.1. The summed E-state index contributed by atoms with van der Waals surface area (Å²) in [4.78, 5) is 14.2. The molecule has 1 amide bonds.